The molecule has 3 heterocycles. The van der Waals surface area contributed by atoms with Crippen molar-refractivity contribution in [3.8, 4) is 0 Å². The second-order valence-electron chi connectivity index (χ2n) is 6.68. The van der Waals surface area contributed by atoms with Gasteiger partial charge in [0.15, 0.2) is 11.6 Å². The van der Waals surface area contributed by atoms with Gasteiger partial charge in [0.1, 0.15) is 5.58 Å². The van der Waals surface area contributed by atoms with Crippen molar-refractivity contribution >= 4 is 28.8 Å². The molecular weight excluding hydrogens is 360 g/mol. The molecular formula is C19H22N6O3. The van der Waals surface area contributed by atoms with Crippen LogP contribution in [0.2, 0.25) is 0 Å². The highest BCUT2D eigenvalue weighted by Gasteiger charge is 2.18. The summed E-state index contributed by atoms with van der Waals surface area (Å²) in [5.41, 5.74) is 0.678. The first-order valence-corrected chi connectivity index (χ1v) is 9.12. The van der Waals surface area contributed by atoms with Gasteiger partial charge in [0.2, 0.25) is 11.9 Å². The Kier molecular flexibility index (Phi) is 5.07. The van der Waals surface area contributed by atoms with Gasteiger partial charge in [-0.15, -0.1) is 0 Å². The van der Waals surface area contributed by atoms with E-state index in [1.165, 1.54) is 0 Å². The minimum atomic E-state index is -0.309. The number of morpholine rings is 1. The minimum absolute atomic E-state index is 0.177. The molecule has 2 aromatic heterocycles. The number of anilines is 2. The van der Waals surface area contributed by atoms with Crippen molar-refractivity contribution in [2.24, 2.45) is 0 Å². The first-order valence-electron chi connectivity index (χ1n) is 9.12. The van der Waals surface area contributed by atoms with Crippen LogP contribution in [-0.2, 0) is 11.3 Å². The van der Waals surface area contributed by atoms with Crippen molar-refractivity contribution in [3.63, 3.8) is 0 Å². The number of amides is 1. The average molecular weight is 382 g/mol. The molecule has 0 aliphatic carbocycles. The fourth-order valence-electron chi connectivity index (χ4n) is 2.92. The van der Waals surface area contributed by atoms with Crippen LogP contribution in [-0.4, -0.2) is 61.3 Å². The normalized spacial score (nSPS) is 14.3. The van der Waals surface area contributed by atoms with Crippen LogP contribution in [0.5, 0.6) is 0 Å². The van der Waals surface area contributed by atoms with E-state index in [1.54, 1.807) is 6.07 Å². The van der Waals surface area contributed by atoms with E-state index in [0.29, 0.717) is 36.5 Å². The van der Waals surface area contributed by atoms with Gasteiger partial charge in [-0.2, -0.15) is 15.0 Å². The fraction of sp³-hybridized carbons (Fsp3) is 0.368. The summed E-state index contributed by atoms with van der Waals surface area (Å²) in [5.74, 6) is 1.58. The average Bonchev–Trinajstić information content (AvgIpc) is 3.17. The van der Waals surface area contributed by atoms with E-state index in [1.807, 2.05) is 43.3 Å². The highest BCUT2D eigenvalue weighted by Crippen LogP contribution is 2.19. The molecule has 0 radical (unpaired) electrons. The molecule has 1 aliphatic rings. The van der Waals surface area contributed by atoms with Crippen molar-refractivity contribution < 1.29 is 13.9 Å². The van der Waals surface area contributed by atoms with Gasteiger partial charge in [-0.1, -0.05) is 18.2 Å². The lowest BCUT2D eigenvalue weighted by atomic mass is 10.2. The molecule has 0 atom stereocenters. The Labute approximate surface area is 162 Å². The lowest BCUT2D eigenvalue weighted by molar-refractivity contribution is 0.0924. The number of aromatic nitrogens is 3. The molecule has 0 bridgehead atoms. The third-order valence-electron chi connectivity index (χ3n) is 4.41. The van der Waals surface area contributed by atoms with E-state index in [2.05, 4.69) is 25.2 Å². The molecule has 9 nitrogen and oxygen atoms in total. The van der Waals surface area contributed by atoms with Crippen LogP contribution < -0.4 is 15.1 Å². The number of ether oxygens (including phenoxy) is 1. The van der Waals surface area contributed by atoms with Crippen molar-refractivity contribution in [1.82, 2.24) is 20.3 Å². The smallest absolute Gasteiger partial charge is 0.287 e. The van der Waals surface area contributed by atoms with Crippen LogP contribution in [0.3, 0.4) is 0 Å². The molecule has 0 unspecified atom stereocenters. The third-order valence-corrected chi connectivity index (χ3v) is 4.41. The summed E-state index contributed by atoms with van der Waals surface area (Å²) in [6.07, 6.45) is 0. The van der Waals surface area contributed by atoms with Gasteiger partial charge in [0.25, 0.3) is 5.91 Å². The third kappa shape index (κ3) is 3.89. The molecule has 1 aliphatic heterocycles. The van der Waals surface area contributed by atoms with Crippen molar-refractivity contribution in [2.45, 2.75) is 6.54 Å². The van der Waals surface area contributed by atoms with Crippen molar-refractivity contribution in [2.75, 3.05) is 50.2 Å². The topological polar surface area (TPSA) is 96.6 Å². The highest BCUT2D eigenvalue weighted by atomic mass is 16.5. The van der Waals surface area contributed by atoms with Gasteiger partial charge in [-0.05, 0) is 12.1 Å². The monoisotopic (exact) mass is 382 g/mol. The molecule has 0 spiro atoms. The zero-order valence-corrected chi connectivity index (χ0v) is 15.9. The predicted octanol–water partition coefficient (Wildman–Crippen LogP) is 1.45. The second-order valence-corrected chi connectivity index (χ2v) is 6.68. The van der Waals surface area contributed by atoms with Crippen molar-refractivity contribution in [3.05, 3.63) is 41.9 Å². The molecule has 1 aromatic carbocycles. The van der Waals surface area contributed by atoms with Crippen LogP contribution in [0.15, 0.2) is 34.7 Å². The van der Waals surface area contributed by atoms with E-state index >= 15 is 0 Å². The molecule has 28 heavy (non-hydrogen) atoms. The zero-order chi connectivity index (χ0) is 19.5. The summed E-state index contributed by atoms with van der Waals surface area (Å²) in [4.78, 5) is 29.8. The summed E-state index contributed by atoms with van der Waals surface area (Å²) in [6.45, 7) is 2.90. The number of carbonyl (C=O) groups excluding carboxylic acids is 1. The molecule has 146 valence electrons. The fourth-order valence-corrected chi connectivity index (χ4v) is 2.92. The standard InChI is InChI=1S/C19H22N6O3/c1-24(2)18-21-16(22-19(23-18)25-7-9-27-10-8-25)12-20-17(26)15-11-13-5-3-4-6-14(13)28-15/h3-6,11H,7-10,12H2,1-2H3,(H,20,26). The summed E-state index contributed by atoms with van der Waals surface area (Å²) in [5, 5.41) is 3.71. The number of furan rings is 1. The number of rotatable bonds is 5. The first-order chi connectivity index (χ1) is 13.6. The predicted molar refractivity (Wildman–Crippen MR) is 105 cm³/mol. The number of hydrogen-bond donors (Lipinski definition) is 1. The van der Waals surface area contributed by atoms with Crippen LogP contribution in [0.4, 0.5) is 11.9 Å². The number of nitrogens with zero attached hydrogens (tertiary/aromatic N) is 5. The van der Waals surface area contributed by atoms with Gasteiger partial charge >= 0.3 is 0 Å². The molecule has 0 saturated carbocycles. The molecule has 3 aromatic rings. The maximum Gasteiger partial charge on any atom is 0.287 e. The van der Waals surface area contributed by atoms with Crippen LogP contribution >= 0.6 is 0 Å². The molecule has 4 rings (SSSR count). The Morgan fingerprint density at radius 1 is 1.18 bits per heavy atom. The maximum atomic E-state index is 12.5. The number of carbonyl (C=O) groups is 1. The number of hydrogen-bond acceptors (Lipinski definition) is 8. The Bertz CT molecular complexity index is 948. The first kappa shape index (κ1) is 18.2. The summed E-state index contributed by atoms with van der Waals surface area (Å²) < 4.78 is 11.0. The Morgan fingerprint density at radius 2 is 1.96 bits per heavy atom. The largest absolute Gasteiger partial charge is 0.451 e. The van der Waals surface area contributed by atoms with E-state index in [-0.39, 0.29) is 18.2 Å². The zero-order valence-electron chi connectivity index (χ0n) is 15.9. The maximum absolute atomic E-state index is 12.5. The number of fused-ring (bicyclic) bond motifs is 1. The van der Waals surface area contributed by atoms with Gasteiger partial charge < -0.3 is 24.3 Å². The highest BCUT2D eigenvalue weighted by molar-refractivity contribution is 5.95. The second kappa shape index (κ2) is 7.81. The SMILES string of the molecule is CN(C)c1nc(CNC(=O)c2cc3ccccc3o2)nc(N2CCOCC2)n1. The van der Waals surface area contributed by atoms with Crippen LogP contribution in [0.25, 0.3) is 11.0 Å². The van der Waals surface area contributed by atoms with Gasteiger partial charge in [0.05, 0.1) is 19.8 Å². The number of benzene rings is 1. The number of para-hydroxylation sites is 1. The van der Waals surface area contributed by atoms with Gasteiger partial charge in [-0.25, -0.2) is 0 Å². The van der Waals surface area contributed by atoms with E-state index in [9.17, 15) is 4.79 Å². The summed E-state index contributed by atoms with van der Waals surface area (Å²) >= 11 is 0. The summed E-state index contributed by atoms with van der Waals surface area (Å²) in [7, 11) is 3.74. The van der Waals surface area contributed by atoms with E-state index in [0.717, 1.165) is 18.5 Å². The molecule has 1 fully saturated rings. The Hall–Kier alpha value is -3.20. The molecule has 1 saturated heterocycles. The Balaban J connectivity index is 1.51. The molecule has 9 heteroatoms. The lowest BCUT2D eigenvalue weighted by Crippen LogP contribution is -2.38. The van der Waals surface area contributed by atoms with Crippen LogP contribution in [0, 0.1) is 0 Å². The van der Waals surface area contributed by atoms with E-state index in [4.69, 9.17) is 9.15 Å². The number of nitrogens with one attached hydrogen (secondary N) is 1. The van der Waals surface area contributed by atoms with Gasteiger partial charge in [-0.3, -0.25) is 4.79 Å². The minimum Gasteiger partial charge on any atom is -0.451 e. The molecule has 1 N–H and O–H groups in total. The quantitative estimate of drug-likeness (QED) is 0.708. The summed E-state index contributed by atoms with van der Waals surface area (Å²) in [6, 6.07) is 9.23. The lowest BCUT2D eigenvalue weighted by Gasteiger charge is -2.27. The van der Waals surface area contributed by atoms with Crippen molar-refractivity contribution in [1.29, 1.82) is 0 Å². The van der Waals surface area contributed by atoms with Gasteiger partial charge in [0, 0.05) is 32.6 Å². The van der Waals surface area contributed by atoms with Crippen LogP contribution in [0.1, 0.15) is 16.4 Å². The van der Waals surface area contributed by atoms with E-state index < -0.39 is 0 Å². The Morgan fingerprint density at radius 3 is 2.71 bits per heavy atom. The molecule has 1 amide bonds.